The molecule has 0 spiro atoms. The first-order valence-corrected chi connectivity index (χ1v) is 8.87. The van der Waals surface area contributed by atoms with Crippen molar-refractivity contribution < 1.29 is 23.5 Å². The average Bonchev–Trinajstić information content (AvgIpc) is 3.12. The molecule has 2 aromatic carbocycles. The topological polar surface area (TPSA) is 87.7 Å². The predicted octanol–water partition coefficient (Wildman–Crippen LogP) is 1.72. The average molecular weight is 385 g/mol. The molecule has 1 aliphatic heterocycles. The third-order valence-electron chi connectivity index (χ3n) is 4.22. The Kier molecular flexibility index (Phi) is 6.21. The smallest absolute Gasteiger partial charge is 0.276 e. The molecule has 3 amide bonds. The number of anilines is 1. The molecule has 0 aliphatic carbocycles. The van der Waals surface area contributed by atoms with Crippen molar-refractivity contribution in [3.05, 3.63) is 59.9 Å². The van der Waals surface area contributed by atoms with E-state index in [2.05, 4.69) is 10.9 Å². The van der Waals surface area contributed by atoms with Crippen LogP contribution in [0.4, 0.5) is 10.1 Å². The number of para-hydroxylation sites is 1. The van der Waals surface area contributed by atoms with E-state index in [-0.39, 0.29) is 18.1 Å². The van der Waals surface area contributed by atoms with Gasteiger partial charge < -0.3 is 9.64 Å². The zero-order chi connectivity index (χ0) is 19.9. The summed E-state index contributed by atoms with van der Waals surface area (Å²) >= 11 is 0. The van der Waals surface area contributed by atoms with Crippen molar-refractivity contribution in [1.82, 2.24) is 10.9 Å². The number of amides is 3. The molecule has 7 nitrogen and oxygen atoms in total. The van der Waals surface area contributed by atoms with Crippen molar-refractivity contribution in [3.8, 4) is 5.75 Å². The van der Waals surface area contributed by atoms with Crippen LogP contribution in [0.3, 0.4) is 0 Å². The molecule has 0 bridgehead atoms. The Morgan fingerprint density at radius 3 is 2.43 bits per heavy atom. The molecule has 0 saturated carbocycles. The van der Waals surface area contributed by atoms with Crippen LogP contribution in [0, 0.1) is 5.82 Å². The molecule has 0 atom stereocenters. The van der Waals surface area contributed by atoms with Crippen LogP contribution in [0.25, 0.3) is 0 Å². The van der Waals surface area contributed by atoms with Gasteiger partial charge in [-0.05, 0) is 36.2 Å². The van der Waals surface area contributed by atoms with Crippen LogP contribution in [0.1, 0.15) is 18.4 Å². The van der Waals surface area contributed by atoms with Gasteiger partial charge in [0.2, 0.25) is 11.8 Å². The highest BCUT2D eigenvalue weighted by Crippen LogP contribution is 2.21. The number of carbonyl (C=O) groups excluding carboxylic acids is 3. The Morgan fingerprint density at radius 1 is 1.04 bits per heavy atom. The number of nitrogens with one attached hydrogen (secondary N) is 2. The first-order valence-electron chi connectivity index (χ1n) is 8.87. The normalized spacial score (nSPS) is 13.3. The van der Waals surface area contributed by atoms with Gasteiger partial charge in [-0.3, -0.25) is 25.2 Å². The first-order chi connectivity index (χ1) is 13.5. The summed E-state index contributed by atoms with van der Waals surface area (Å²) < 4.78 is 18.4. The molecule has 2 aromatic rings. The number of hydrogen-bond donors (Lipinski definition) is 2. The Hall–Kier alpha value is -3.42. The molecule has 1 heterocycles. The van der Waals surface area contributed by atoms with Gasteiger partial charge in [0.25, 0.3) is 5.91 Å². The molecule has 0 aromatic heterocycles. The van der Waals surface area contributed by atoms with Crippen molar-refractivity contribution in [3.63, 3.8) is 0 Å². The zero-order valence-electron chi connectivity index (χ0n) is 15.1. The van der Waals surface area contributed by atoms with Crippen LogP contribution >= 0.6 is 0 Å². The second kappa shape index (κ2) is 8.98. The molecule has 3 rings (SSSR count). The van der Waals surface area contributed by atoms with E-state index in [1.165, 1.54) is 18.2 Å². The second-order valence-corrected chi connectivity index (χ2v) is 6.31. The fourth-order valence-corrected chi connectivity index (χ4v) is 2.83. The van der Waals surface area contributed by atoms with Crippen molar-refractivity contribution in [2.24, 2.45) is 0 Å². The molecule has 1 aliphatic rings. The first kappa shape index (κ1) is 19.3. The van der Waals surface area contributed by atoms with E-state index in [1.54, 1.807) is 35.2 Å². The van der Waals surface area contributed by atoms with Gasteiger partial charge in [-0.15, -0.1) is 0 Å². The summed E-state index contributed by atoms with van der Waals surface area (Å²) in [5.41, 5.74) is 6.05. The van der Waals surface area contributed by atoms with Crippen LogP contribution in [-0.4, -0.2) is 30.9 Å². The molecule has 0 radical (unpaired) electrons. The van der Waals surface area contributed by atoms with E-state index in [4.69, 9.17) is 4.74 Å². The maximum absolute atomic E-state index is 13.4. The lowest BCUT2D eigenvalue weighted by molar-refractivity contribution is -0.129. The number of hydrogen-bond acceptors (Lipinski definition) is 4. The Labute approximate surface area is 161 Å². The quantitative estimate of drug-likeness (QED) is 0.742. The lowest BCUT2D eigenvalue weighted by atomic mass is 10.1. The second-order valence-electron chi connectivity index (χ2n) is 6.31. The highest BCUT2D eigenvalue weighted by Gasteiger charge is 2.21. The van der Waals surface area contributed by atoms with Crippen LogP contribution in [0.5, 0.6) is 5.75 Å². The third kappa shape index (κ3) is 5.06. The third-order valence-corrected chi connectivity index (χ3v) is 4.22. The van der Waals surface area contributed by atoms with E-state index in [0.717, 1.165) is 17.7 Å². The maximum Gasteiger partial charge on any atom is 0.276 e. The fourth-order valence-electron chi connectivity index (χ4n) is 2.83. The number of benzene rings is 2. The van der Waals surface area contributed by atoms with Crippen LogP contribution < -0.4 is 20.5 Å². The lowest BCUT2D eigenvalue weighted by Gasteiger charge is -2.16. The van der Waals surface area contributed by atoms with Gasteiger partial charge in [-0.1, -0.05) is 24.3 Å². The number of halogens is 1. The fraction of sp³-hybridized carbons (Fsp3) is 0.250. The number of hydrazine groups is 1. The van der Waals surface area contributed by atoms with Gasteiger partial charge in [-0.25, -0.2) is 4.39 Å². The number of rotatable bonds is 6. The summed E-state index contributed by atoms with van der Waals surface area (Å²) in [4.78, 5) is 37.1. The molecule has 1 fully saturated rings. The van der Waals surface area contributed by atoms with Gasteiger partial charge in [-0.2, -0.15) is 0 Å². The Bertz CT molecular complexity index is 870. The summed E-state index contributed by atoms with van der Waals surface area (Å²) in [5.74, 6) is -1.53. The van der Waals surface area contributed by atoms with Crippen molar-refractivity contribution in [1.29, 1.82) is 0 Å². The molecule has 28 heavy (non-hydrogen) atoms. The largest absolute Gasteiger partial charge is 0.481 e. The van der Waals surface area contributed by atoms with Crippen molar-refractivity contribution in [2.75, 3.05) is 18.1 Å². The molecular weight excluding hydrogens is 365 g/mol. The minimum absolute atomic E-state index is 0.0412. The minimum Gasteiger partial charge on any atom is -0.481 e. The highest BCUT2D eigenvalue weighted by molar-refractivity contribution is 5.95. The molecular formula is C20H20FN3O4. The van der Waals surface area contributed by atoms with E-state index in [1.807, 2.05) is 0 Å². The van der Waals surface area contributed by atoms with Crippen molar-refractivity contribution in [2.45, 2.75) is 19.3 Å². The maximum atomic E-state index is 13.4. The van der Waals surface area contributed by atoms with E-state index < -0.39 is 24.2 Å². The van der Waals surface area contributed by atoms with E-state index in [0.29, 0.717) is 13.0 Å². The Balaban J connectivity index is 1.42. The van der Waals surface area contributed by atoms with Gasteiger partial charge >= 0.3 is 0 Å². The van der Waals surface area contributed by atoms with Crippen LogP contribution in [0.15, 0.2) is 48.5 Å². The minimum atomic E-state index is -0.612. The molecule has 1 saturated heterocycles. The monoisotopic (exact) mass is 385 g/mol. The predicted molar refractivity (Wildman–Crippen MR) is 99.9 cm³/mol. The van der Waals surface area contributed by atoms with E-state index in [9.17, 15) is 18.8 Å². The number of ether oxygens (including phenoxy) is 1. The summed E-state index contributed by atoms with van der Waals surface area (Å²) in [6.45, 7) is 0.277. The van der Waals surface area contributed by atoms with Gasteiger partial charge in [0, 0.05) is 18.7 Å². The number of nitrogens with zero attached hydrogens (tertiary/aromatic N) is 1. The zero-order valence-corrected chi connectivity index (χ0v) is 15.1. The molecule has 8 heteroatoms. The van der Waals surface area contributed by atoms with E-state index >= 15 is 0 Å². The molecule has 2 N–H and O–H groups in total. The van der Waals surface area contributed by atoms with Crippen molar-refractivity contribution >= 4 is 23.4 Å². The number of carbonyl (C=O) groups is 3. The van der Waals surface area contributed by atoms with Gasteiger partial charge in [0.1, 0.15) is 0 Å². The summed E-state index contributed by atoms with van der Waals surface area (Å²) in [6.07, 6.45) is 1.47. The molecule has 146 valence electrons. The summed E-state index contributed by atoms with van der Waals surface area (Å²) in [7, 11) is 0. The van der Waals surface area contributed by atoms with Crippen LogP contribution in [-0.2, 0) is 20.8 Å². The molecule has 0 unspecified atom stereocenters. The van der Waals surface area contributed by atoms with Gasteiger partial charge in [0.05, 0.1) is 6.42 Å². The summed E-state index contributed by atoms with van der Waals surface area (Å²) in [5, 5.41) is 0. The summed E-state index contributed by atoms with van der Waals surface area (Å²) in [6, 6.07) is 12.9. The van der Waals surface area contributed by atoms with Crippen LogP contribution in [0.2, 0.25) is 0 Å². The highest BCUT2D eigenvalue weighted by atomic mass is 19.1. The SMILES string of the molecule is O=C(COc1ccccc1F)NNC(=O)Cc1ccc(N2CCCC2=O)cc1. The lowest BCUT2D eigenvalue weighted by Crippen LogP contribution is -2.44. The van der Waals surface area contributed by atoms with Gasteiger partial charge in [0.15, 0.2) is 18.2 Å². The Morgan fingerprint density at radius 2 is 1.75 bits per heavy atom. The standard InChI is InChI=1S/C20H20FN3O4/c21-16-4-1-2-5-17(16)28-13-19(26)23-22-18(25)12-14-7-9-15(10-8-14)24-11-3-6-20(24)27/h1-2,4-5,7-10H,3,6,11-13H2,(H,22,25)(H,23,26).